The largest absolute Gasteiger partial charge is 0.463 e. The van der Waals surface area contributed by atoms with Crippen molar-refractivity contribution in [2.45, 2.75) is 45.5 Å². The summed E-state index contributed by atoms with van der Waals surface area (Å²) in [5.74, 6) is -0.166. The van der Waals surface area contributed by atoms with Crippen molar-refractivity contribution in [2.75, 3.05) is 13.2 Å². The van der Waals surface area contributed by atoms with Crippen LogP contribution in [-0.4, -0.2) is 23.7 Å². The highest BCUT2D eigenvalue weighted by atomic mass is 79.9. The van der Waals surface area contributed by atoms with E-state index >= 15 is 0 Å². The second-order valence-electron chi connectivity index (χ2n) is 4.59. The summed E-state index contributed by atoms with van der Waals surface area (Å²) in [5, 5.41) is 0. The summed E-state index contributed by atoms with van der Waals surface area (Å²) in [5.41, 5.74) is -0.399. The first kappa shape index (κ1) is 14.9. The third kappa shape index (κ3) is 6.90. The summed E-state index contributed by atoms with van der Waals surface area (Å²) >= 11 is 3.34. The van der Waals surface area contributed by atoms with Gasteiger partial charge >= 0.3 is 5.97 Å². The number of alkyl halides is 1. The molecule has 0 rings (SSSR count). The normalized spacial score (nSPS) is 12.7. The van der Waals surface area contributed by atoms with E-state index in [1.807, 2.05) is 34.6 Å². The number of ether oxygens (including phenoxy) is 2. The molecule has 0 aliphatic carbocycles. The Labute approximate surface area is 101 Å². The monoisotopic (exact) mass is 280 g/mol. The molecule has 0 aromatic carbocycles. The summed E-state index contributed by atoms with van der Waals surface area (Å²) < 4.78 is 10.1. The predicted octanol–water partition coefficient (Wildman–Crippen LogP) is 3.11. The fourth-order valence-corrected chi connectivity index (χ4v) is 0.920. The maximum absolute atomic E-state index is 11.5. The van der Waals surface area contributed by atoms with E-state index in [-0.39, 0.29) is 10.5 Å². The Bertz CT molecular complexity index is 206. The molecule has 0 amide bonds. The Morgan fingerprint density at radius 3 is 2.13 bits per heavy atom. The van der Waals surface area contributed by atoms with Crippen molar-refractivity contribution in [3.63, 3.8) is 0 Å². The molecule has 90 valence electrons. The number of carbonyl (C=O) groups is 1. The molecule has 0 spiro atoms. The molecule has 15 heavy (non-hydrogen) atoms. The lowest BCUT2D eigenvalue weighted by atomic mass is 9.91. The SMILES string of the molecule is CCC(C)(C)C(=O)OCCOC(C)(C)Br. The van der Waals surface area contributed by atoms with Crippen molar-refractivity contribution in [3.05, 3.63) is 0 Å². The highest BCUT2D eigenvalue weighted by molar-refractivity contribution is 9.10. The van der Waals surface area contributed by atoms with Crippen LogP contribution in [0.2, 0.25) is 0 Å². The Morgan fingerprint density at radius 2 is 1.73 bits per heavy atom. The third-order valence-corrected chi connectivity index (χ3v) is 2.43. The van der Waals surface area contributed by atoms with Crippen LogP contribution in [0.3, 0.4) is 0 Å². The molecule has 0 radical (unpaired) electrons. The summed E-state index contributed by atoms with van der Waals surface area (Å²) in [4.78, 5) is 11.5. The van der Waals surface area contributed by atoms with Gasteiger partial charge in [0, 0.05) is 0 Å². The van der Waals surface area contributed by atoms with Crippen molar-refractivity contribution >= 4 is 21.9 Å². The van der Waals surface area contributed by atoms with Gasteiger partial charge < -0.3 is 9.47 Å². The predicted molar refractivity (Wildman–Crippen MR) is 64.0 cm³/mol. The third-order valence-electron chi connectivity index (χ3n) is 2.20. The summed E-state index contributed by atoms with van der Waals surface area (Å²) in [6.45, 7) is 10.2. The lowest BCUT2D eigenvalue weighted by Crippen LogP contribution is -2.28. The van der Waals surface area contributed by atoms with Crippen LogP contribution < -0.4 is 0 Å². The van der Waals surface area contributed by atoms with Gasteiger partial charge in [-0.3, -0.25) is 4.79 Å². The van der Waals surface area contributed by atoms with Crippen LogP contribution in [0.5, 0.6) is 0 Å². The van der Waals surface area contributed by atoms with Gasteiger partial charge in [0.1, 0.15) is 11.1 Å². The quantitative estimate of drug-likeness (QED) is 0.426. The molecule has 4 heteroatoms. The van der Waals surface area contributed by atoms with Crippen LogP contribution in [0.1, 0.15) is 41.0 Å². The molecule has 0 fully saturated rings. The van der Waals surface area contributed by atoms with Crippen molar-refractivity contribution in [2.24, 2.45) is 5.41 Å². The zero-order valence-corrected chi connectivity index (χ0v) is 11.8. The Morgan fingerprint density at radius 1 is 1.20 bits per heavy atom. The number of hydrogen-bond acceptors (Lipinski definition) is 3. The van der Waals surface area contributed by atoms with Gasteiger partial charge in [-0.2, -0.15) is 0 Å². The minimum absolute atomic E-state index is 0.166. The smallest absolute Gasteiger partial charge is 0.311 e. The van der Waals surface area contributed by atoms with E-state index in [1.54, 1.807) is 0 Å². The second kappa shape index (κ2) is 5.85. The first-order valence-electron chi connectivity index (χ1n) is 5.19. The van der Waals surface area contributed by atoms with Gasteiger partial charge in [-0.05, 0) is 34.1 Å². The molecule has 0 aromatic rings. The van der Waals surface area contributed by atoms with Crippen LogP contribution >= 0.6 is 15.9 Å². The second-order valence-corrected chi connectivity index (χ2v) is 6.49. The van der Waals surface area contributed by atoms with Crippen LogP contribution in [0, 0.1) is 5.41 Å². The number of rotatable bonds is 6. The molecule has 0 heterocycles. The lowest BCUT2D eigenvalue weighted by Gasteiger charge is -2.21. The van der Waals surface area contributed by atoms with E-state index in [1.165, 1.54) is 0 Å². The van der Waals surface area contributed by atoms with Gasteiger partial charge in [0.25, 0.3) is 0 Å². The van der Waals surface area contributed by atoms with Crippen LogP contribution in [0.4, 0.5) is 0 Å². The molecule has 0 unspecified atom stereocenters. The van der Waals surface area contributed by atoms with Crippen LogP contribution in [0.25, 0.3) is 0 Å². The average molecular weight is 281 g/mol. The van der Waals surface area contributed by atoms with Crippen molar-refractivity contribution < 1.29 is 14.3 Å². The van der Waals surface area contributed by atoms with Gasteiger partial charge in [-0.1, -0.05) is 22.9 Å². The van der Waals surface area contributed by atoms with Crippen molar-refractivity contribution in [1.82, 2.24) is 0 Å². The molecule has 0 atom stereocenters. The summed E-state index contributed by atoms with van der Waals surface area (Å²) in [6.07, 6.45) is 0.774. The molecule has 0 bridgehead atoms. The van der Waals surface area contributed by atoms with Gasteiger partial charge in [-0.25, -0.2) is 0 Å². The Hall–Kier alpha value is -0.0900. The fourth-order valence-electron chi connectivity index (χ4n) is 0.758. The zero-order valence-electron chi connectivity index (χ0n) is 10.2. The maximum atomic E-state index is 11.5. The van der Waals surface area contributed by atoms with E-state index in [9.17, 15) is 4.79 Å². The van der Waals surface area contributed by atoms with Crippen molar-refractivity contribution in [3.8, 4) is 0 Å². The molecular weight excluding hydrogens is 260 g/mol. The Balaban J connectivity index is 3.74. The molecular formula is C11H21BrO3. The van der Waals surface area contributed by atoms with Gasteiger partial charge in [0.15, 0.2) is 0 Å². The minimum Gasteiger partial charge on any atom is -0.463 e. The van der Waals surface area contributed by atoms with Crippen LogP contribution in [-0.2, 0) is 14.3 Å². The average Bonchev–Trinajstić information content (AvgIpc) is 2.10. The van der Waals surface area contributed by atoms with Gasteiger partial charge in [0.2, 0.25) is 0 Å². The first-order chi connectivity index (χ1) is 6.69. The van der Waals surface area contributed by atoms with E-state index < -0.39 is 5.41 Å². The number of carbonyl (C=O) groups excluding carboxylic acids is 1. The standard InChI is InChI=1S/C11H21BrO3/c1-6-10(2,3)9(13)14-7-8-15-11(4,5)12/h6-8H2,1-5H3. The molecule has 0 aliphatic rings. The van der Waals surface area contributed by atoms with Crippen LogP contribution in [0.15, 0.2) is 0 Å². The molecule has 0 aliphatic heterocycles. The topological polar surface area (TPSA) is 35.5 Å². The zero-order chi connectivity index (χ0) is 12.1. The molecule has 0 aromatic heterocycles. The number of halogens is 1. The summed E-state index contributed by atoms with van der Waals surface area (Å²) in [6, 6.07) is 0. The highest BCUT2D eigenvalue weighted by Crippen LogP contribution is 2.21. The molecule has 3 nitrogen and oxygen atoms in total. The number of esters is 1. The first-order valence-corrected chi connectivity index (χ1v) is 5.98. The van der Waals surface area contributed by atoms with Gasteiger partial charge in [-0.15, -0.1) is 0 Å². The van der Waals surface area contributed by atoms with E-state index in [4.69, 9.17) is 9.47 Å². The molecule has 0 saturated heterocycles. The fraction of sp³-hybridized carbons (Fsp3) is 0.909. The summed E-state index contributed by atoms with van der Waals surface area (Å²) in [7, 11) is 0. The lowest BCUT2D eigenvalue weighted by molar-refractivity contribution is -0.156. The van der Waals surface area contributed by atoms with E-state index in [0.29, 0.717) is 13.2 Å². The van der Waals surface area contributed by atoms with E-state index in [2.05, 4.69) is 15.9 Å². The molecule has 0 N–H and O–H groups in total. The van der Waals surface area contributed by atoms with Crippen molar-refractivity contribution in [1.29, 1.82) is 0 Å². The van der Waals surface area contributed by atoms with E-state index in [0.717, 1.165) is 6.42 Å². The van der Waals surface area contributed by atoms with Gasteiger partial charge in [0.05, 0.1) is 12.0 Å². The highest BCUT2D eigenvalue weighted by Gasteiger charge is 2.26. The maximum Gasteiger partial charge on any atom is 0.311 e. The number of hydrogen-bond donors (Lipinski definition) is 0. The molecule has 0 saturated carbocycles. The Kier molecular flexibility index (Phi) is 5.81. The minimum atomic E-state index is -0.399.